The van der Waals surface area contributed by atoms with Crippen LogP contribution in [0.25, 0.3) is 5.69 Å². The zero-order valence-electron chi connectivity index (χ0n) is 10.8. The van der Waals surface area contributed by atoms with Gasteiger partial charge in [-0.15, -0.1) is 5.10 Å². The first kappa shape index (κ1) is 13.5. The lowest BCUT2D eigenvalue weighted by Gasteiger charge is -2.10. The Kier molecular flexibility index (Phi) is 4.51. The smallest absolute Gasteiger partial charge is 0.233 e. The van der Waals surface area contributed by atoms with Crippen molar-refractivity contribution in [3.05, 3.63) is 30.3 Å². The van der Waals surface area contributed by atoms with Crippen LogP contribution in [0.3, 0.4) is 0 Å². The van der Waals surface area contributed by atoms with E-state index in [1.165, 1.54) is 11.8 Å². The van der Waals surface area contributed by atoms with E-state index in [1.807, 2.05) is 44.2 Å². The number of carbonyl (C=O) groups excluding carboxylic acids is 1. The highest BCUT2D eigenvalue weighted by molar-refractivity contribution is 8.00. The third-order valence-electron chi connectivity index (χ3n) is 2.44. The fourth-order valence-corrected chi connectivity index (χ4v) is 2.35. The third kappa shape index (κ3) is 3.31. The average Bonchev–Trinajstić information content (AvgIpc) is 2.88. The highest BCUT2D eigenvalue weighted by Crippen LogP contribution is 2.22. The van der Waals surface area contributed by atoms with Gasteiger partial charge in [0.1, 0.15) is 0 Å². The minimum atomic E-state index is -0.242. The van der Waals surface area contributed by atoms with Crippen LogP contribution in [0.15, 0.2) is 35.5 Å². The van der Waals surface area contributed by atoms with Gasteiger partial charge in [-0.3, -0.25) is 4.79 Å². The maximum atomic E-state index is 11.7. The van der Waals surface area contributed by atoms with Crippen molar-refractivity contribution in [3.63, 3.8) is 0 Å². The van der Waals surface area contributed by atoms with E-state index in [9.17, 15) is 4.79 Å². The predicted molar refractivity (Wildman–Crippen MR) is 73.2 cm³/mol. The van der Waals surface area contributed by atoms with Crippen molar-refractivity contribution in [3.8, 4) is 5.69 Å². The van der Waals surface area contributed by atoms with Crippen LogP contribution in [-0.2, 0) is 4.79 Å². The van der Waals surface area contributed by atoms with Gasteiger partial charge in [0.2, 0.25) is 11.1 Å². The number of nitrogens with zero attached hydrogens (tertiary/aromatic N) is 4. The van der Waals surface area contributed by atoms with Crippen molar-refractivity contribution in [2.45, 2.75) is 24.3 Å². The second kappa shape index (κ2) is 6.33. The number of hydrogen-bond acceptors (Lipinski definition) is 5. The van der Waals surface area contributed by atoms with E-state index in [0.29, 0.717) is 11.7 Å². The molecule has 1 heterocycles. The van der Waals surface area contributed by atoms with E-state index in [4.69, 9.17) is 0 Å². The van der Waals surface area contributed by atoms with Gasteiger partial charge in [0.25, 0.3) is 0 Å². The van der Waals surface area contributed by atoms with E-state index in [0.717, 1.165) is 5.69 Å². The summed E-state index contributed by atoms with van der Waals surface area (Å²) in [6.45, 7) is 4.34. The minimum Gasteiger partial charge on any atom is -0.355 e. The summed E-state index contributed by atoms with van der Waals surface area (Å²) in [5, 5.41) is 14.7. The number of hydrogen-bond donors (Lipinski definition) is 1. The Morgan fingerprint density at radius 1 is 1.42 bits per heavy atom. The molecule has 0 saturated heterocycles. The van der Waals surface area contributed by atoms with Crippen LogP contribution in [-0.4, -0.2) is 37.9 Å². The Bertz CT molecular complexity index is 542. The van der Waals surface area contributed by atoms with Crippen molar-refractivity contribution >= 4 is 17.7 Å². The van der Waals surface area contributed by atoms with E-state index in [1.54, 1.807) is 4.68 Å². The fraction of sp³-hybridized carbons (Fsp3) is 0.333. The fourth-order valence-electron chi connectivity index (χ4n) is 1.51. The quantitative estimate of drug-likeness (QED) is 0.833. The van der Waals surface area contributed by atoms with Gasteiger partial charge in [-0.25, -0.2) is 0 Å². The number of carbonyl (C=O) groups is 1. The van der Waals surface area contributed by atoms with Crippen LogP contribution < -0.4 is 5.32 Å². The Morgan fingerprint density at radius 3 is 2.84 bits per heavy atom. The number of tetrazole rings is 1. The molecule has 1 amide bonds. The first-order valence-corrected chi connectivity index (χ1v) is 6.88. The summed E-state index contributed by atoms with van der Waals surface area (Å²) in [7, 11) is 0. The van der Waals surface area contributed by atoms with Crippen LogP contribution in [0.4, 0.5) is 0 Å². The summed E-state index contributed by atoms with van der Waals surface area (Å²) in [5.74, 6) is -0.0184. The number of rotatable bonds is 5. The molecule has 0 aliphatic carbocycles. The van der Waals surface area contributed by atoms with Gasteiger partial charge in [0.15, 0.2) is 0 Å². The van der Waals surface area contributed by atoms with Crippen molar-refractivity contribution in [2.75, 3.05) is 6.54 Å². The van der Waals surface area contributed by atoms with E-state index in [2.05, 4.69) is 20.8 Å². The molecule has 0 radical (unpaired) electrons. The number of amides is 1. The number of benzene rings is 1. The van der Waals surface area contributed by atoms with E-state index >= 15 is 0 Å². The van der Waals surface area contributed by atoms with Gasteiger partial charge in [0.05, 0.1) is 10.9 Å². The Balaban J connectivity index is 2.15. The molecule has 0 aliphatic rings. The van der Waals surface area contributed by atoms with Gasteiger partial charge >= 0.3 is 0 Å². The summed E-state index contributed by atoms with van der Waals surface area (Å²) in [5.41, 5.74) is 0.873. The molecule has 0 saturated carbocycles. The van der Waals surface area contributed by atoms with E-state index in [-0.39, 0.29) is 11.2 Å². The molecule has 1 aromatic heterocycles. The molecule has 0 unspecified atom stereocenters. The molecule has 0 fully saturated rings. The molecule has 1 N–H and O–H groups in total. The maximum Gasteiger partial charge on any atom is 0.233 e. The monoisotopic (exact) mass is 277 g/mol. The molecule has 100 valence electrons. The zero-order valence-corrected chi connectivity index (χ0v) is 11.6. The Morgan fingerprint density at radius 2 is 2.16 bits per heavy atom. The predicted octanol–water partition coefficient (Wildman–Crippen LogP) is 1.28. The van der Waals surface area contributed by atoms with Crippen LogP contribution in [0.5, 0.6) is 0 Å². The van der Waals surface area contributed by atoms with Crippen molar-refractivity contribution in [1.82, 2.24) is 25.5 Å². The molecule has 1 aromatic carbocycles. The topological polar surface area (TPSA) is 72.7 Å². The largest absolute Gasteiger partial charge is 0.355 e. The van der Waals surface area contributed by atoms with Crippen LogP contribution >= 0.6 is 11.8 Å². The van der Waals surface area contributed by atoms with Crippen molar-refractivity contribution in [2.24, 2.45) is 0 Å². The average molecular weight is 277 g/mol. The van der Waals surface area contributed by atoms with Gasteiger partial charge in [-0.2, -0.15) is 4.68 Å². The summed E-state index contributed by atoms with van der Waals surface area (Å²) in [4.78, 5) is 11.7. The van der Waals surface area contributed by atoms with Gasteiger partial charge in [-0.05, 0) is 36.4 Å². The molecule has 2 aromatic rings. The molecular weight excluding hydrogens is 262 g/mol. The Hall–Kier alpha value is -1.89. The SMILES string of the molecule is CCNC(=O)[C@@H](C)Sc1nnnn1-c1ccccc1. The summed E-state index contributed by atoms with van der Waals surface area (Å²) >= 11 is 1.33. The van der Waals surface area contributed by atoms with E-state index < -0.39 is 0 Å². The number of nitrogens with one attached hydrogen (secondary N) is 1. The highest BCUT2D eigenvalue weighted by Gasteiger charge is 2.18. The molecule has 0 bridgehead atoms. The summed E-state index contributed by atoms with van der Waals surface area (Å²) in [6.07, 6.45) is 0. The lowest BCUT2D eigenvalue weighted by molar-refractivity contribution is -0.120. The second-order valence-corrected chi connectivity index (χ2v) is 5.17. The van der Waals surface area contributed by atoms with Crippen molar-refractivity contribution < 1.29 is 4.79 Å². The molecule has 7 heteroatoms. The number of para-hydroxylation sites is 1. The molecule has 1 atom stereocenters. The zero-order chi connectivity index (χ0) is 13.7. The first-order valence-electron chi connectivity index (χ1n) is 6.00. The molecule has 2 rings (SSSR count). The molecule has 19 heavy (non-hydrogen) atoms. The Labute approximate surface area is 115 Å². The summed E-state index contributed by atoms with van der Waals surface area (Å²) < 4.78 is 1.63. The van der Waals surface area contributed by atoms with Gasteiger partial charge < -0.3 is 5.32 Å². The lowest BCUT2D eigenvalue weighted by Crippen LogP contribution is -2.30. The van der Waals surface area contributed by atoms with Gasteiger partial charge in [0, 0.05) is 6.54 Å². The second-order valence-electron chi connectivity index (χ2n) is 3.86. The normalized spacial score (nSPS) is 12.1. The third-order valence-corrected chi connectivity index (χ3v) is 3.48. The van der Waals surface area contributed by atoms with Crippen LogP contribution in [0.2, 0.25) is 0 Å². The number of thioether (sulfide) groups is 1. The highest BCUT2D eigenvalue weighted by atomic mass is 32.2. The molecular formula is C12H15N5OS. The van der Waals surface area contributed by atoms with Crippen LogP contribution in [0, 0.1) is 0 Å². The minimum absolute atomic E-state index is 0.0184. The molecule has 0 spiro atoms. The molecule has 0 aliphatic heterocycles. The number of aromatic nitrogens is 4. The summed E-state index contributed by atoms with van der Waals surface area (Å²) in [6, 6.07) is 9.59. The van der Waals surface area contributed by atoms with Gasteiger partial charge in [-0.1, -0.05) is 30.0 Å². The van der Waals surface area contributed by atoms with Crippen molar-refractivity contribution in [1.29, 1.82) is 0 Å². The lowest BCUT2D eigenvalue weighted by atomic mass is 10.3. The standard InChI is InChI=1S/C12H15N5OS/c1-3-13-11(18)9(2)19-12-14-15-16-17(12)10-7-5-4-6-8-10/h4-9H,3H2,1-2H3,(H,13,18)/t9-/m1/s1. The van der Waals surface area contributed by atoms with Crippen LogP contribution in [0.1, 0.15) is 13.8 Å². The first-order chi connectivity index (χ1) is 9.22. The molecule has 6 nitrogen and oxygen atoms in total. The maximum absolute atomic E-state index is 11.7.